The topological polar surface area (TPSA) is 74.6 Å². The van der Waals surface area contributed by atoms with Gasteiger partial charge >= 0.3 is 6.18 Å². The summed E-state index contributed by atoms with van der Waals surface area (Å²) in [4.78, 5) is 12.2. The maximum absolute atomic E-state index is 12.7. The van der Waals surface area contributed by atoms with E-state index in [9.17, 15) is 13.2 Å². The highest BCUT2D eigenvalue weighted by molar-refractivity contribution is 5.52. The van der Waals surface area contributed by atoms with Crippen LogP contribution in [0.5, 0.6) is 0 Å². The highest BCUT2D eigenvalue weighted by Crippen LogP contribution is 2.30. The summed E-state index contributed by atoms with van der Waals surface area (Å²) in [6, 6.07) is 2.47. The molecule has 1 aliphatic rings. The number of aromatic nitrogens is 3. The molecule has 2 aromatic heterocycles. The molecule has 0 bridgehead atoms. The Labute approximate surface area is 160 Å². The number of halogens is 3. The molecule has 7 nitrogen and oxygen atoms in total. The molecule has 152 valence electrons. The van der Waals surface area contributed by atoms with Crippen molar-refractivity contribution >= 4 is 11.6 Å². The summed E-state index contributed by atoms with van der Waals surface area (Å²) < 4.78 is 38.0. The maximum atomic E-state index is 12.7. The van der Waals surface area contributed by atoms with Gasteiger partial charge in [0.25, 0.3) is 0 Å². The van der Waals surface area contributed by atoms with Crippen LogP contribution >= 0.6 is 0 Å². The number of hydrogen-bond donors (Lipinski definition) is 1. The van der Waals surface area contributed by atoms with Crippen molar-refractivity contribution in [3.63, 3.8) is 0 Å². The summed E-state index contributed by atoms with van der Waals surface area (Å²) in [7, 11) is 0. The number of rotatable bonds is 5. The summed E-state index contributed by atoms with van der Waals surface area (Å²) in [5.74, 6) is 1.33. The zero-order valence-electron chi connectivity index (χ0n) is 15.7. The Kier molecular flexibility index (Phi) is 5.99. The van der Waals surface area contributed by atoms with Crippen molar-refractivity contribution in [3.05, 3.63) is 40.7 Å². The van der Waals surface area contributed by atoms with Gasteiger partial charge < -0.3 is 9.80 Å². The van der Waals surface area contributed by atoms with E-state index in [2.05, 4.69) is 25.0 Å². The van der Waals surface area contributed by atoms with Crippen molar-refractivity contribution < 1.29 is 23.3 Å². The Morgan fingerprint density at radius 3 is 2.29 bits per heavy atom. The maximum Gasteiger partial charge on any atom is 0.417 e. The third-order valence-corrected chi connectivity index (χ3v) is 5.00. The summed E-state index contributed by atoms with van der Waals surface area (Å²) in [6.45, 7) is 6.67. The van der Waals surface area contributed by atoms with Crippen LogP contribution < -0.4 is 9.80 Å². The van der Waals surface area contributed by atoms with Gasteiger partial charge in [0, 0.05) is 38.8 Å². The lowest BCUT2D eigenvalue weighted by Crippen LogP contribution is -2.47. The van der Waals surface area contributed by atoms with Gasteiger partial charge in [-0.15, -0.1) is 5.10 Å². The Bertz CT molecular complexity index is 806. The third-order valence-electron chi connectivity index (χ3n) is 5.00. The molecule has 3 heterocycles. The first-order chi connectivity index (χ1) is 13.3. The van der Waals surface area contributed by atoms with Gasteiger partial charge in [-0.3, -0.25) is 5.26 Å². The number of hydrogen-bond acceptors (Lipinski definition) is 7. The molecule has 3 rings (SSSR count). The third kappa shape index (κ3) is 4.33. The van der Waals surface area contributed by atoms with E-state index in [0.717, 1.165) is 34.9 Å². The van der Waals surface area contributed by atoms with E-state index in [1.807, 2.05) is 18.7 Å². The second-order valence-corrected chi connectivity index (χ2v) is 6.68. The van der Waals surface area contributed by atoms with E-state index in [4.69, 9.17) is 5.26 Å². The first kappa shape index (κ1) is 20.3. The molecule has 0 saturated carbocycles. The van der Waals surface area contributed by atoms with Gasteiger partial charge in [-0.05, 0) is 37.1 Å². The van der Waals surface area contributed by atoms with Crippen molar-refractivity contribution in [2.45, 2.75) is 26.4 Å². The normalized spacial score (nSPS) is 15.2. The van der Waals surface area contributed by atoms with Crippen LogP contribution in [-0.2, 0) is 17.5 Å². The molecule has 1 N–H and O–H groups in total. The molecule has 0 atom stereocenters. The van der Waals surface area contributed by atoms with Crippen LogP contribution in [0.4, 0.5) is 24.8 Å². The quantitative estimate of drug-likeness (QED) is 0.614. The number of nitrogens with zero attached hydrogens (tertiary/aromatic N) is 5. The minimum absolute atomic E-state index is 0.160. The lowest BCUT2D eigenvalue weighted by atomic mass is 10.1. The molecule has 28 heavy (non-hydrogen) atoms. The standard InChI is InChI=1S/C18H22F3N5O2/c1-12-13(2)17(24-23-15(12)5-10-28-27)26-8-6-25(7-9-26)16-4-3-14(11-22-16)18(19,20)21/h3-4,11,27H,5-10H2,1-2H3. The summed E-state index contributed by atoms with van der Waals surface area (Å²) in [5, 5.41) is 17.1. The molecule has 2 aromatic rings. The Morgan fingerprint density at radius 1 is 1.04 bits per heavy atom. The second kappa shape index (κ2) is 8.27. The van der Waals surface area contributed by atoms with Crippen LogP contribution in [-0.4, -0.2) is 53.2 Å². The van der Waals surface area contributed by atoms with Gasteiger partial charge in [-0.25, -0.2) is 9.87 Å². The molecule has 0 amide bonds. The highest BCUT2D eigenvalue weighted by Gasteiger charge is 2.31. The molecule has 10 heteroatoms. The zero-order valence-corrected chi connectivity index (χ0v) is 15.7. The largest absolute Gasteiger partial charge is 0.417 e. The van der Waals surface area contributed by atoms with E-state index in [1.54, 1.807) is 0 Å². The van der Waals surface area contributed by atoms with Gasteiger partial charge in [0.1, 0.15) is 5.82 Å². The van der Waals surface area contributed by atoms with Crippen LogP contribution in [0, 0.1) is 13.8 Å². The van der Waals surface area contributed by atoms with E-state index < -0.39 is 11.7 Å². The van der Waals surface area contributed by atoms with Crippen LogP contribution in [0.1, 0.15) is 22.4 Å². The van der Waals surface area contributed by atoms with Gasteiger partial charge in [-0.1, -0.05) is 0 Å². The first-order valence-corrected chi connectivity index (χ1v) is 8.93. The smallest absolute Gasteiger partial charge is 0.353 e. The Morgan fingerprint density at radius 2 is 1.71 bits per heavy atom. The fourth-order valence-corrected chi connectivity index (χ4v) is 3.21. The number of alkyl halides is 3. The van der Waals surface area contributed by atoms with Gasteiger partial charge in [0.15, 0.2) is 5.82 Å². The zero-order chi connectivity index (χ0) is 20.3. The molecule has 1 aliphatic heterocycles. The average molecular weight is 397 g/mol. The summed E-state index contributed by atoms with van der Waals surface area (Å²) in [6.07, 6.45) is -3.03. The van der Waals surface area contributed by atoms with Crippen molar-refractivity contribution in [2.24, 2.45) is 0 Å². The number of anilines is 2. The van der Waals surface area contributed by atoms with Crippen LogP contribution in [0.15, 0.2) is 18.3 Å². The van der Waals surface area contributed by atoms with E-state index in [-0.39, 0.29) is 6.61 Å². The van der Waals surface area contributed by atoms with Gasteiger partial charge in [0.2, 0.25) is 0 Å². The van der Waals surface area contributed by atoms with E-state index >= 15 is 0 Å². The molecule has 0 aromatic carbocycles. The molecule has 1 saturated heterocycles. The predicted octanol–water partition coefficient (Wildman–Crippen LogP) is 2.87. The van der Waals surface area contributed by atoms with Gasteiger partial charge in [0.05, 0.1) is 17.9 Å². The summed E-state index contributed by atoms with van der Waals surface area (Å²) in [5.41, 5.74) is 2.06. The number of pyridine rings is 1. The van der Waals surface area contributed by atoms with Crippen LogP contribution in [0.3, 0.4) is 0 Å². The summed E-state index contributed by atoms with van der Waals surface area (Å²) >= 11 is 0. The Balaban J connectivity index is 1.66. The SMILES string of the molecule is Cc1c(CCOO)nnc(N2CCN(c3ccc(C(F)(F)F)cn3)CC2)c1C. The van der Waals surface area contributed by atoms with E-state index in [1.165, 1.54) is 6.07 Å². The molecule has 1 fully saturated rings. The predicted molar refractivity (Wildman–Crippen MR) is 97.5 cm³/mol. The molecular weight excluding hydrogens is 375 g/mol. The van der Waals surface area contributed by atoms with Crippen molar-refractivity contribution in [2.75, 3.05) is 42.6 Å². The van der Waals surface area contributed by atoms with Crippen LogP contribution in [0.25, 0.3) is 0 Å². The van der Waals surface area contributed by atoms with Crippen molar-refractivity contribution in [3.8, 4) is 0 Å². The van der Waals surface area contributed by atoms with Crippen molar-refractivity contribution in [1.82, 2.24) is 15.2 Å². The fourth-order valence-electron chi connectivity index (χ4n) is 3.21. The fraction of sp³-hybridized carbons (Fsp3) is 0.500. The highest BCUT2D eigenvalue weighted by atomic mass is 19.4. The second-order valence-electron chi connectivity index (χ2n) is 6.68. The minimum atomic E-state index is -4.38. The minimum Gasteiger partial charge on any atom is -0.353 e. The number of piperazine rings is 1. The first-order valence-electron chi connectivity index (χ1n) is 8.93. The average Bonchev–Trinajstić information content (AvgIpc) is 2.69. The lowest BCUT2D eigenvalue weighted by molar-refractivity contribution is -0.241. The molecular formula is C18H22F3N5O2. The molecule has 0 radical (unpaired) electrons. The van der Waals surface area contributed by atoms with Gasteiger partial charge in [-0.2, -0.15) is 18.3 Å². The van der Waals surface area contributed by atoms with E-state index in [0.29, 0.717) is 38.4 Å². The van der Waals surface area contributed by atoms with Crippen LogP contribution in [0.2, 0.25) is 0 Å². The van der Waals surface area contributed by atoms with Crippen molar-refractivity contribution in [1.29, 1.82) is 0 Å². The Hall–Kier alpha value is -2.46. The molecule has 0 spiro atoms. The monoisotopic (exact) mass is 397 g/mol. The lowest BCUT2D eigenvalue weighted by Gasteiger charge is -2.36. The molecule has 0 aliphatic carbocycles. The molecule has 0 unspecified atom stereocenters.